The van der Waals surface area contributed by atoms with Gasteiger partial charge in [0.2, 0.25) is 5.78 Å². The number of nitrogens with zero attached hydrogens (tertiary/aromatic N) is 1. The number of benzene rings is 1. The molecule has 2 N–H and O–H groups in total. The molecule has 0 aliphatic carbocycles. The van der Waals surface area contributed by atoms with Crippen molar-refractivity contribution in [1.29, 1.82) is 0 Å². The van der Waals surface area contributed by atoms with Crippen molar-refractivity contribution in [2.24, 2.45) is 0 Å². The Bertz CT molecular complexity index is 921. The third kappa shape index (κ3) is 3.27. The predicted octanol–water partition coefficient (Wildman–Crippen LogP) is 5.76. The number of thiophene rings is 1. The van der Waals surface area contributed by atoms with Gasteiger partial charge in [-0.2, -0.15) is 0 Å². The van der Waals surface area contributed by atoms with Crippen LogP contribution in [0.2, 0.25) is 10.0 Å². The van der Waals surface area contributed by atoms with Crippen LogP contribution >= 0.6 is 34.5 Å². The average Bonchev–Trinajstić information content (AvgIpc) is 2.91. The van der Waals surface area contributed by atoms with Gasteiger partial charge < -0.3 is 5.73 Å². The first-order valence-corrected chi connectivity index (χ1v) is 9.26. The number of carbonyl (C=O) groups is 1. The Kier molecular flexibility index (Phi) is 5.09. The van der Waals surface area contributed by atoms with E-state index in [0.717, 1.165) is 35.2 Å². The maximum absolute atomic E-state index is 12.8. The van der Waals surface area contributed by atoms with Crippen molar-refractivity contribution in [3.63, 3.8) is 0 Å². The maximum atomic E-state index is 12.8. The van der Waals surface area contributed by atoms with E-state index < -0.39 is 0 Å². The third-order valence-electron chi connectivity index (χ3n) is 3.83. The number of fused-ring (bicyclic) bond motifs is 1. The van der Waals surface area contributed by atoms with Gasteiger partial charge in [0.25, 0.3) is 0 Å². The molecule has 6 heteroatoms. The van der Waals surface area contributed by atoms with E-state index in [1.165, 1.54) is 11.3 Å². The molecule has 0 amide bonds. The lowest BCUT2D eigenvalue weighted by atomic mass is 10.1. The summed E-state index contributed by atoms with van der Waals surface area (Å²) in [6.45, 7) is 2.15. The molecule has 0 fully saturated rings. The molecule has 24 heavy (non-hydrogen) atoms. The summed E-state index contributed by atoms with van der Waals surface area (Å²) in [5.41, 5.74) is 8.15. The molecule has 0 unspecified atom stereocenters. The lowest BCUT2D eigenvalue weighted by molar-refractivity contribution is 0.104. The summed E-state index contributed by atoms with van der Waals surface area (Å²) < 4.78 is 0. The van der Waals surface area contributed by atoms with Crippen LogP contribution in [-0.2, 0) is 6.42 Å². The van der Waals surface area contributed by atoms with Gasteiger partial charge >= 0.3 is 0 Å². The van der Waals surface area contributed by atoms with E-state index in [0.29, 0.717) is 26.2 Å². The fourth-order valence-electron chi connectivity index (χ4n) is 2.47. The molecule has 3 nitrogen and oxygen atoms in total. The maximum Gasteiger partial charge on any atom is 0.205 e. The molecule has 0 spiro atoms. The largest absolute Gasteiger partial charge is 0.397 e. The highest BCUT2D eigenvalue weighted by Crippen LogP contribution is 2.35. The van der Waals surface area contributed by atoms with E-state index >= 15 is 0 Å². The minimum Gasteiger partial charge on any atom is -0.397 e. The summed E-state index contributed by atoms with van der Waals surface area (Å²) in [6.07, 6.45) is 3.14. The Morgan fingerprint density at radius 1 is 1.21 bits per heavy atom. The average molecular weight is 379 g/mol. The molecule has 0 atom stereocenters. The van der Waals surface area contributed by atoms with Crippen molar-refractivity contribution < 1.29 is 4.79 Å². The number of nitrogens with two attached hydrogens (primary N) is 1. The van der Waals surface area contributed by atoms with Gasteiger partial charge in [0.05, 0.1) is 15.7 Å². The first-order chi connectivity index (χ1) is 11.5. The number of aryl methyl sites for hydroxylation is 1. The number of pyridine rings is 1. The molecule has 2 aromatic heterocycles. The summed E-state index contributed by atoms with van der Waals surface area (Å²) >= 11 is 13.2. The fourth-order valence-corrected chi connectivity index (χ4v) is 3.84. The molecule has 124 valence electrons. The molecule has 3 rings (SSSR count). The Morgan fingerprint density at radius 2 is 2.00 bits per heavy atom. The Hall–Kier alpha value is -1.62. The monoisotopic (exact) mass is 378 g/mol. The first-order valence-electron chi connectivity index (χ1n) is 7.69. The quantitative estimate of drug-likeness (QED) is 0.574. The van der Waals surface area contributed by atoms with Gasteiger partial charge in [-0.1, -0.05) is 36.5 Å². The number of carbonyl (C=O) groups excluding carboxylic acids is 1. The van der Waals surface area contributed by atoms with E-state index in [9.17, 15) is 4.79 Å². The van der Waals surface area contributed by atoms with Crippen molar-refractivity contribution in [2.75, 3.05) is 5.73 Å². The number of halogens is 2. The van der Waals surface area contributed by atoms with Crippen LogP contribution in [0, 0.1) is 0 Å². The highest BCUT2D eigenvalue weighted by molar-refractivity contribution is 7.21. The number of hydrogen-bond donors (Lipinski definition) is 1. The Balaban J connectivity index is 2.00. The highest BCUT2D eigenvalue weighted by Gasteiger charge is 2.19. The molecule has 0 bridgehead atoms. The van der Waals surface area contributed by atoms with Gasteiger partial charge in [-0.05, 0) is 43.2 Å². The van der Waals surface area contributed by atoms with E-state index in [2.05, 4.69) is 11.9 Å². The molecule has 0 radical (unpaired) electrons. The summed E-state index contributed by atoms with van der Waals surface area (Å²) in [5, 5.41) is 1.59. The molecule has 0 saturated heterocycles. The number of ketones is 1. The Labute approximate surface area is 154 Å². The zero-order valence-corrected chi connectivity index (χ0v) is 15.4. The fraction of sp³-hybridized carbons (Fsp3) is 0.222. The highest BCUT2D eigenvalue weighted by atomic mass is 35.5. The molecule has 0 aliphatic rings. The molecule has 2 heterocycles. The van der Waals surface area contributed by atoms with Crippen molar-refractivity contribution in [1.82, 2.24) is 4.98 Å². The topological polar surface area (TPSA) is 56.0 Å². The lowest BCUT2D eigenvalue weighted by Gasteiger charge is -2.02. The zero-order valence-electron chi connectivity index (χ0n) is 13.1. The van der Waals surface area contributed by atoms with E-state index in [4.69, 9.17) is 28.9 Å². The molecule has 0 saturated carbocycles. The van der Waals surface area contributed by atoms with Gasteiger partial charge in [-0.15, -0.1) is 11.3 Å². The summed E-state index contributed by atoms with van der Waals surface area (Å²) in [7, 11) is 0. The molecular weight excluding hydrogens is 363 g/mol. The van der Waals surface area contributed by atoms with Crippen LogP contribution in [0.25, 0.3) is 10.2 Å². The summed E-state index contributed by atoms with van der Waals surface area (Å²) in [4.78, 5) is 18.7. The lowest BCUT2D eigenvalue weighted by Crippen LogP contribution is -2.02. The van der Waals surface area contributed by atoms with Crippen molar-refractivity contribution in [3.05, 3.63) is 56.5 Å². The number of hydrogen-bond acceptors (Lipinski definition) is 4. The van der Waals surface area contributed by atoms with Crippen LogP contribution < -0.4 is 5.73 Å². The first kappa shape index (κ1) is 17.2. The van der Waals surface area contributed by atoms with Crippen LogP contribution in [0.5, 0.6) is 0 Å². The SMILES string of the molecule is CCCCc1ccc2c(N)c(C(=O)c3ccc(Cl)c(Cl)c3)sc2n1. The van der Waals surface area contributed by atoms with Crippen molar-refractivity contribution in [3.8, 4) is 0 Å². The minimum atomic E-state index is -0.163. The van der Waals surface area contributed by atoms with Gasteiger partial charge in [0.1, 0.15) is 9.71 Å². The van der Waals surface area contributed by atoms with E-state index in [1.807, 2.05) is 12.1 Å². The Morgan fingerprint density at radius 3 is 2.71 bits per heavy atom. The van der Waals surface area contributed by atoms with Crippen LogP contribution in [0.15, 0.2) is 30.3 Å². The minimum absolute atomic E-state index is 0.163. The number of anilines is 1. The molecule has 3 aromatic rings. The van der Waals surface area contributed by atoms with Crippen molar-refractivity contribution >= 4 is 56.2 Å². The van der Waals surface area contributed by atoms with E-state index in [-0.39, 0.29) is 5.78 Å². The number of unbranched alkanes of at least 4 members (excludes halogenated alkanes) is 1. The normalized spacial score (nSPS) is 11.1. The predicted molar refractivity (Wildman–Crippen MR) is 103 cm³/mol. The van der Waals surface area contributed by atoms with Crippen molar-refractivity contribution in [2.45, 2.75) is 26.2 Å². The second kappa shape index (κ2) is 7.09. The summed E-state index contributed by atoms with van der Waals surface area (Å²) in [6, 6.07) is 8.76. The standard InChI is InChI=1S/C18H16Cl2N2OS/c1-2-3-4-11-6-7-12-15(21)17(24-18(12)22-11)16(23)10-5-8-13(19)14(20)9-10/h5-9H,2-4,21H2,1H3. The number of rotatable bonds is 5. The molecular formula is C18H16Cl2N2OS. The van der Waals surface area contributed by atoms with Crippen LogP contribution in [0.1, 0.15) is 40.7 Å². The van der Waals surface area contributed by atoms with Gasteiger partial charge in [-0.3, -0.25) is 4.79 Å². The van der Waals surface area contributed by atoms with E-state index in [1.54, 1.807) is 18.2 Å². The van der Waals surface area contributed by atoms with Crippen LogP contribution in [0.4, 0.5) is 5.69 Å². The number of aromatic nitrogens is 1. The smallest absolute Gasteiger partial charge is 0.205 e. The molecule has 1 aromatic carbocycles. The van der Waals surface area contributed by atoms with Gasteiger partial charge in [0.15, 0.2) is 0 Å². The second-order valence-corrected chi connectivity index (χ2v) is 7.38. The van der Waals surface area contributed by atoms with Gasteiger partial charge in [-0.25, -0.2) is 4.98 Å². The third-order valence-corrected chi connectivity index (χ3v) is 5.68. The summed E-state index contributed by atoms with van der Waals surface area (Å²) in [5.74, 6) is -0.163. The van der Waals surface area contributed by atoms with Crippen LogP contribution in [-0.4, -0.2) is 10.8 Å². The van der Waals surface area contributed by atoms with Gasteiger partial charge in [0, 0.05) is 16.6 Å². The molecule has 0 aliphatic heterocycles. The second-order valence-electron chi connectivity index (χ2n) is 5.56. The van der Waals surface area contributed by atoms with Crippen LogP contribution in [0.3, 0.4) is 0 Å². The number of nitrogen functional groups attached to an aromatic ring is 1. The zero-order chi connectivity index (χ0) is 17.3.